The molecule has 122 valence electrons. The molecule has 1 amide bonds. The molecule has 0 aliphatic carbocycles. The molecular formula is C16H20N4O3. The van der Waals surface area contributed by atoms with Crippen molar-refractivity contribution in [3.8, 4) is 11.5 Å². The van der Waals surface area contributed by atoms with Gasteiger partial charge in [-0.2, -0.15) is 4.98 Å². The molecule has 7 nitrogen and oxygen atoms in total. The maximum absolute atomic E-state index is 12.3. The first-order chi connectivity index (χ1) is 11.3. The first-order valence-corrected chi connectivity index (χ1v) is 7.81. The van der Waals surface area contributed by atoms with Crippen LogP contribution in [0.1, 0.15) is 25.2 Å². The third-order valence-electron chi connectivity index (χ3n) is 3.98. The number of carbonyl (C=O) groups is 1. The van der Waals surface area contributed by atoms with Crippen molar-refractivity contribution in [3.63, 3.8) is 0 Å². The van der Waals surface area contributed by atoms with Gasteiger partial charge in [0, 0.05) is 39.2 Å². The molecule has 1 unspecified atom stereocenters. The molecule has 7 heteroatoms. The van der Waals surface area contributed by atoms with Crippen LogP contribution in [0.3, 0.4) is 0 Å². The van der Waals surface area contributed by atoms with E-state index in [4.69, 9.17) is 9.26 Å². The number of hydrogen-bond donors (Lipinski definition) is 0. The highest BCUT2D eigenvalue weighted by molar-refractivity contribution is 5.76. The van der Waals surface area contributed by atoms with E-state index in [0.29, 0.717) is 36.8 Å². The van der Waals surface area contributed by atoms with Crippen molar-refractivity contribution in [2.24, 2.45) is 0 Å². The van der Waals surface area contributed by atoms with Gasteiger partial charge >= 0.3 is 0 Å². The molecule has 1 fully saturated rings. The molecule has 2 aromatic rings. The Bertz CT molecular complexity index is 644. The Labute approximate surface area is 134 Å². The Morgan fingerprint density at radius 1 is 1.48 bits per heavy atom. The molecular weight excluding hydrogens is 296 g/mol. The first kappa shape index (κ1) is 15.6. The molecule has 0 aromatic carbocycles. The summed E-state index contributed by atoms with van der Waals surface area (Å²) in [7, 11) is 1.69. The highest BCUT2D eigenvalue weighted by Gasteiger charge is 2.23. The SMILES string of the molecule is COC1CCCN(C(=O)CCc2nc(-c3ccccn3)no2)C1. The fourth-order valence-corrected chi connectivity index (χ4v) is 2.68. The van der Waals surface area contributed by atoms with E-state index in [1.165, 1.54) is 0 Å². The smallest absolute Gasteiger partial charge is 0.227 e. The standard InChI is InChI=1S/C16H20N4O3/c1-22-12-5-4-10-20(11-12)15(21)8-7-14-18-16(19-23-14)13-6-2-3-9-17-13/h2-3,6,9,12H,4-5,7-8,10-11H2,1H3. The van der Waals surface area contributed by atoms with E-state index >= 15 is 0 Å². The summed E-state index contributed by atoms with van der Waals surface area (Å²) in [5, 5.41) is 3.91. The summed E-state index contributed by atoms with van der Waals surface area (Å²) in [5.41, 5.74) is 0.660. The van der Waals surface area contributed by atoms with Crippen molar-refractivity contribution in [1.29, 1.82) is 0 Å². The molecule has 23 heavy (non-hydrogen) atoms. The van der Waals surface area contributed by atoms with Gasteiger partial charge < -0.3 is 14.2 Å². The van der Waals surface area contributed by atoms with Crippen LogP contribution in [0.25, 0.3) is 11.5 Å². The van der Waals surface area contributed by atoms with Crippen LogP contribution in [0, 0.1) is 0 Å². The lowest BCUT2D eigenvalue weighted by atomic mass is 10.1. The molecule has 3 rings (SSSR count). The predicted octanol–water partition coefficient (Wildman–Crippen LogP) is 1.70. The van der Waals surface area contributed by atoms with Crippen LogP contribution < -0.4 is 0 Å². The van der Waals surface area contributed by atoms with Crippen LogP contribution >= 0.6 is 0 Å². The summed E-state index contributed by atoms with van der Waals surface area (Å²) < 4.78 is 10.5. The maximum Gasteiger partial charge on any atom is 0.227 e. The summed E-state index contributed by atoms with van der Waals surface area (Å²) >= 11 is 0. The Kier molecular flexibility index (Phi) is 4.97. The van der Waals surface area contributed by atoms with Crippen molar-refractivity contribution in [1.82, 2.24) is 20.0 Å². The minimum Gasteiger partial charge on any atom is -0.380 e. The summed E-state index contributed by atoms with van der Waals surface area (Å²) in [5.74, 6) is 1.01. The maximum atomic E-state index is 12.3. The number of pyridine rings is 1. The van der Waals surface area contributed by atoms with E-state index in [1.807, 2.05) is 23.1 Å². The second-order valence-electron chi connectivity index (χ2n) is 5.57. The summed E-state index contributed by atoms with van der Waals surface area (Å²) in [6, 6.07) is 5.51. The first-order valence-electron chi connectivity index (χ1n) is 7.81. The normalized spacial score (nSPS) is 18.1. The van der Waals surface area contributed by atoms with Gasteiger partial charge in [0.1, 0.15) is 5.69 Å². The molecule has 2 aromatic heterocycles. The number of nitrogens with zero attached hydrogens (tertiary/aromatic N) is 4. The lowest BCUT2D eigenvalue weighted by Gasteiger charge is -2.31. The number of likely N-dealkylation sites (tertiary alicyclic amines) is 1. The van der Waals surface area contributed by atoms with Crippen LogP contribution in [-0.4, -0.2) is 52.2 Å². The topological polar surface area (TPSA) is 81.4 Å². The fourth-order valence-electron chi connectivity index (χ4n) is 2.68. The Balaban J connectivity index is 1.54. The van der Waals surface area contributed by atoms with Crippen LogP contribution in [-0.2, 0) is 16.0 Å². The van der Waals surface area contributed by atoms with Crippen LogP contribution in [0.15, 0.2) is 28.9 Å². The van der Waals surface area contributed by atoms with Gasteiger partial charge in [-0.05, 0) is 25.0 Å². The van der Waals surface area contributed by atoms with Gasteiger partial charge in [0.15, 0.2) is 0 Å². The van der Waals surface area contributed by atoms with E-state index in [1.54, 1.807) is 13.3 Å². The van der Waals surface area contributed by atoms with E-state index in [2.05, 4.69) is 15.1 Å². The summed E-state index contributed by atoms with van der Waals surface area (Å²) in [6.45, 7) is 1.46. The average molecular weight is 316 g/mol. The number of ether oxygens (including phenoxy) is 1. The molecule has 3 heterocycles. The van der Waals surface area contributed by atoms with E-state index in [9.17, 15) is 4.79 Å². The predicted molar refractivity (Wildman–Crippen MR) is 82.5 cm³/mol. The number of rotatable bonds is 5. The Morgan fingerprint density at radius 2 is 2.39 bits per heavy atom. The minimum atomic E-state index is 0.101. The monoisotopic (exact) mass is 316 g/mol. The largest absolute Gasteiger partial charge is 0.380 e. The minimum absolute atomic E-state index is 0.101. The van der Waals surface area contributed by atoms with Crippen molar-refractivity contribution >= 4 is 5.91 Å². The van der Waals surface area contributed by atoms with Crippen LogP contribution in [0.5, 0.6) is 0 Å². The molecule has 0 bridgehead atoms. The molecule has 0 spiro atoms. The number of aryl methyl sites for hydroxylation is 1. The lowest BCUT2D eigenvalue weighted by molar-refractivity contribution is -0.134. The van der Waals surface area contributed by atoms with Crippen LogP contribution in [0.2, 0.25) is 0 Å². The van der Waals surface area contributed by atoms with Crippen molar-refractivity contribution < 1.29 is 14.1 Å². The van der Waals surface area contributed by atoms with E-state index < -0.39 is 0 Å². The zero-order valence-corrected chi connectivity index (χ0v) is 13.1. The molecule has 1 aliphatic heterocycles. The number of hydrogen-bond acceptors (Lipinski definition) is 6. The van der Waals surface area contributed by atoms with Gasteiger partial charge in [0.25, 0.3) is 0 Å². The zero-order chi connectivity index (χ0) is 16.1. The molecule has 0 N–H and O–H groups in total. The third-order valence-corrected chi connectivity index (χ3v) is 3.98. The number of carbonyl (C=O) groups excluding carboxylic acids is 1. The van der Waals surface area contributed by atoms with Crippen molar-refractivity contribution in [3.05, 3.63) is 30.3 Å². The zero-order valence-electron chi connectivity index (χ0n) is 13.1. The van der Waals surface area contributed by atoms with Gasteiger partial charge in [0.2, 0.25) is 17.6 Å². The quantitative estimate of drug-likeness (QED) is 0.835. The number of methoxy groups -OCH3 is 1. The van der Waals surface area contributed by atoms with Gasteiger partial charge in [-0.1, -0.05) is 11.2 Å². The van der Waals surface area contributed by atoms with E-state index in [-0.39, 0.29) is 12.0 Å². The van der Waals surface area contributed by atoms with E-state index in [0.717, 1.165) is 19.4 Å². The molecule has 1 saturated heterocycles. The Hall–Kier alpha value is -2.28. The number of piperidine rings is 1. The molecule has 0 saturated carbocycles. The van der Waals surface area contributed by atoms with Crippen molar-refractivity contribution in [2.45, 2.75) is 31.8 Å². The van der Waals surface area contributed by atoms with Gasteiger partial charge in [-0.15, -0.1) is 0 Å². The lowest BCUT2D eigenvalue weighted by Crippen LogP contribution is -2.42. The second kappa shape index (κ2) is 7.32. The van der Waals surface area contributed by atoms with Crippen molar-refractivity contribution in [2.75, 3.05) is 20.2 Å². The van der Waals surface area contributed by atoms with Gasteiger partial charge in [-0.3, -0.25) is 9.78 Å². The Morgan fingerprint density at radius 3 is 3.17 bits per heavy atom. The van der Waals surface area contributed by atoms with Gasteiger partial charge in [-0.25, -0.2) is 0 Å². The summed E-state index contributed by atoms with van der Waals surface area (Å²) in [6.07, 6.45) is 4.61. The van der Waals surface area contributed by atoms with Crippen LogP contribution in [0.4, 0.5) is 0 Å². The number of aromatic nitrogens is 3. The third kappa shape index (κ3) is 3.92. The fraction of sp³-hybridized carbons (Fsp3) is 0.500. The molecule has 1 atom stereocenters. The highest BCUT2D eigenvalue weighted by atomic mass is 16.5. The molecule has 0 radical (unpaired) electrons. The average Bonchev–Trinajstić information content (AvgIpc) is 3.09. The molecule has 1 aliphatic rings. The second-order valence-corrected chi connectivity index (χ2v) is 5.57. The summed E-state index contributed by atoms with van der Waals surface area (Å²) in [4.78, 5) is 22.6. The number of amides is 1. The highest BCUT2D eigenvalue weighted by Crippen LogP contribution is 2.16. The van der Waals surface area contributed by atoms with Gasteiger partial charge in [0.05, 0.1) is 6.10 Å².